The third-order valence-corrected chi connectivity index (χ3v) is 2.21. The van der Waals surface area contributed by atoms with Crippen LogP contribution in [-0.2, 0) is 23.8 Å². The van der Waals surface area contributed by atoms with Crippen molar-refractivity contribution in [3.63, 3.8) is 0 Å². The molecule has 0 bridgehead atoms. The van der Waals surface area contributed by atoms with Crippen molar-refractivity contribution in [2.75, 3.05) is 13.2 Å². The van der Waals surface area contributed by atoms with Gasteiger partial charge in [-0.2, -0.15) is 0 Å². The molecule has 0 unspecified atom stereocenters. The number of rotatable bonds is 6. The zero-order chi connectivity index (χ0) is 13.4. The molecule has 0 aromatic carbocycles. The van der Waals surface area contributed by atoms with Crippen LogP contribution in [0.1, 0.15) is 26.7 Å². The minimum atomic E-state index is -0.376. The van der Waals surface area contributed by atoms with Gasteiger partial charge in [-0.3, -0.25) is 9.59 Å². The van der Waals surface area contributed by atoms with Gasteiger partial charge in [-0.15, -0.1) is 0 Å². The second-order valence-corrected chi connectivity index (χ2v) is 3.67. The summed E-state index contributed by atoms with van der Waals surface area (Å²) < 4.78 is 15.2. The van der Waals surface area contributed by atoms with Crippen molar-refractivity contribution in [2.45, 2.75) is 32.8 Å². The summed E-state index contributed by atoms with van der Waals surface area (Å²) >= 11 is 0. The summed E-state index contributed by atoms with van der Waals surface area (Å²) in [6.45, 7) is 4.19. The van der Waals surface area contributed by atoms with Crippen LogP contribution in [0.15, 0.2) is 24.0 Å². The SMILES string of the molecule is CCOC(=O)CC1=CC=C[C@@H](CC(=O)OCC)O1. The van der Waals surface area contributed by atoms with Gasteiger partial charge in [-0.1, -0.05) is 6.08 Å². The molecular formula is C13H18O5. The highest BCUT2D eigenvalue weighted by Gasteiger charge is 2.18. The predicted molar refractivity (Wildman–Crippen MR) is 64.6 cm³/mol. The summed E-state index contributed by atoms with van der Waals surface area (Å²) in [7, 11) is 0. The van der Waals surface area contributed by atoms with E-state index >= 15 is 0 Å². The largest absolute Gasteiger partial charge is 0.489 e. The first-order valence-corrected chi connectivity index (χ1v) is 6.01. The van der Waals surface area contributed by atoms with Crippen LogP contribution < -0.4 is 0 Å². The Morgan fingerprint density at radius 2 is 1.89 bits per heavy atom. The van der Waals surface area contributed by atoms with Crippen LogP contribution in [0.25, 0.3) is 0 Å². The highest BCUT2D eigenvalue weighted by molar-refractivity contribution is 5.72. The highest BCUT2D eigenvalue weighted by atomic mass is 16.5. The van der Waals surface area contributed by atoms with Gasteiger partial charge in [0.1, 0.15) is 18.3 Å². The van der Waals surface area contributed by atoms with Crippen LogP contribution in [0.3, 0.4) is 0 Å². The van der Waals surface area contributed by atoms with Crippen LogP contribution in [0, 0.1) is 0 Å². The average Bonchev–Trinajstić information content (AvgIpc) is 2.29. The summed E-state index contributed by atoms with van der Waals surface area (Å²) in [5, 5.41) is 0. The van der Waals surface area contributed by atoms with E-state index in [1.807, 2.05) is 0 Å². The van der Waals surface area contributed by atoms with Gasteiger partial charge in [0.2, 0.25) is 0 Å². The molecule has 100 valence electrons. The van der Waals surface area contributed by atoms with Crippen molar-refractivity contribution >= 4 is 11.9 Å². The lowest BCUT2D eigenvalue weighted by Gasteiger charge is -2.19. The molecule has 1 atom stereocenters. The third-order valence-electron chi connectivity index (χ3n) is 2.21. The Labute approximate surface area is 106 Å². The van der Waals surface area contributed by atoms with Crippen LogP contribution in [-0.4, -0.2) is 31.3 Å². The lowest BCUT2D eigenvalue weighted by atomic mass is 10.2. The van der Waals surface area contributed by atoms with E-state index in [4.69, 9.17) is 14.2 Å². The Hall–Kier alpha value is -1.78. The fourth-order valence-corrected chi connectivity index (χ4v) is 1.51. The summed E-state index contributed by atoms with van der Waals surface area (Å²) in [6.07, 6.45) is 5.06. The molecule has 1 heterocycles. The Balaban J connectivity index is 2.41. The zero-order valence-corrected chi connectivity index (χ0v) is 10.7. The van der Waals surface area contributed by atoms with E-state index in [0.717, 1.165) is 0 Å². The van der Waals surface area contributed by atoms with E-state index in [2.05, 4.69) is 0 Å². The van der Waals surface area contributed by atoms with Gasteiger partial charge >= 0.3 is 11.9 Å². The monoisotopic (exact) mass is 254 g/mol. The molecule has 0 fully saturated rings. The molecule has 1 rings (SSSR count). The topological polar surface area (TPSA) is 61.8 Å². The molecule has 5 heteroatoms. The van der Waals surface area contributed by atoms with E-state index in [1.165, 1.54) is 0 Å². The van der Waals surface area contributed by atoms with E-state index in [1.54, 1.807) is 32.1 Å². The number of hydrogen-bond donors (Lipinski definition) is 0. The highest BCUT2D eigenvalue weighted by Crippen LogP contribution is 2.17. The Bertz CT molecular complexity index is 356. The molecule has 0 aliphatic carbocycles. The van der Waals surface area contributed by atoms with Crippen molar-refractivity contribution in [2.24, 2.45) is 0 Å². The first kappa shape index (κ1) is 14.3. The normalized spacial score (nSPS) is 17.7. The maximum absolute atomic E-state index is 11.3. The predicted octanol–water partition coefficient (Wildman–Crippen LogP) is 1.73. The first-order chi connectivity index (χ1) is 8.65. The van der Waals surface area contributed by atoms with Gasteiger partial charge in [0.05, 0.1) is 19.6 Å². The van der Waals surface area contributed by atoms with Gasteiger partial charge < -0.3 is 14.2 Å². The summed E-state index contributed by atoms with van der Waals surface area (Å²) in [6, 6.07) is 0. The zero-order valence-electron chi connectivity index (χ0n) is 10.7. The number of hydrogen-bond acceptors (Lipinski definition) is 5. The van der Waals surface area contributed by atoms with E-state index in [0.29, 0.717) is 19.0 Å². The van der Waals surface area contributed by atoms with Gasteiger partial charge in [0, 0.05) is 0 Å². The number of ether oxygens (including phenoxy) is 3. The van der Waals surface area contributed by atoms with Crippen molar-refractivity contribution in [3.05, 3.63) is 24.0 Å². The van der Waals surface area contributed by atoms with Gasteiger partial charge in [-0.05, 0) is 26.0 Å². The van der Waals surface area contributed by atoms with E-state index in [9.17, 15) is 9.59 Å². The van der Waals surface area contributed by atoms with Crippen LogP contribution in [0.5, 0.6) is 0 Å². The lowest BCUT2D eigenvalue weighted by Crippen LogP contribution is -2.20. The molecule has 1 aliphatic rings. The van der Waals surface area contributed by atoms with E-state index < -0.39 is 0 Å². The molecular weight excluding hydrogens is 236 g/mol. The molecule has 0 saturated heterocycles. The second kappa shape index (κ2) is 7.53. The molecule has 18 heavy (non-hydrogen) atoms. The lowest BCUT2D eigenvalue weighted by molar-refractivity contribution is -0.145. The van der Waals surface area contributed by atoms with Crippen molar-refractivity contribution in [1.82, 2.24) is 0 Å². The third kappa shape index (κ3) is 5.03. The van der Waals surface area contributed by atoms with Crippen molar-refractivity contribution in [1.29, 1.82) is 0 Å². The minimum Gasteiger partial charge on any atom is -0.489 e. The Kier molecular flexibility index (Phi) is 5.97. The summed E-state index contributed by atoms with van der Waals surface area (Å²) in [5.41, 5.74) is 0. The fourth-order valence-electron chi connectivity index (χ4n) is 1.51. The van der Waals surface area contributed by atoms with Crippen molar-refractivity contribution in [3.8, 4) is 0 Å². The summed E-state index contributed by atoms with van der Waals surface area (Å²) in [5.74, 6) is -0.149. The molecule has 0 N–H and O–H groups in total. The van der Waals surface area contributed by atoms with Crippen LogP contribution in [0.4, 0.5) is 0 Å². The molecule has 5 nitrogen and oxygen atoms in total. The standard InChI is InChI=1S/C13H18O5/c1-3-16-12(14)8-10-6-5-7-11(18-10)9-13(15)17-4-2/h5-7,10H,3-4,8-9H2,1-2H3/t10-/m0/s1. The minimum absolute atomic E-state index is 0.0809. The maximum atomic E-state index is 11.3. The van der Waals surface area contributed by atoms with Gasteiger partial charge in [0.15, 0.2) is 0 Å². The number of carbonyl (C=O) groups excluding carboxylic acids is 2. The fraction of sp³-hybridized carbons (Fsp3) is 0.538. The van der Waals surface area contributed by atoms with Crippen LogP contribution in [0.2, 0.25) is 0 Å². The molecule has 0 saturated carbocycles. The molecule has 0 spiro atoms. The Morgan fingerprint density at radius 3 is 2.56 bits per heavy atom. The second-order valence-electron chi connectivity index (χ2n) is 3.67. The van der Waals surface area contributed by atoms with Gasteiger partial charge in [-0.25, -0.2) is 0 Å². The van der Waals surface area contributed by atoms with Crippen molar-refractivity contribution < 1.29 is 23.8 Å². The maximum Gasteiger partial charge on any atom is 0.313 e. The molecule has 1 aliphatic heterocycles. The first-order valence-electron chi connectivity index (χ1n) is 6.01. The molecule has 0 aromatic rings. The van der Waals surface area contributed by atoms with E-state index in [-0.39, 0.29) is 30.9 Å². The number of esters is 2. The smallest absolute Gasteiger partial charge is 0.313 e. The summed E-state index contributed by atoms with van der Waals surface area (Å²) in [4.78, 5) is 22.6. The molecule has 0 aromatic heterocycles. The Morgan fingerprint density at radius 1 is 1.22 bits per heavy atom. The molecule has 0 radical (unpaired) electrons. The van der Waals surface area contributed by atoms with Crippen LogP contribution >= 0.6 is 0 Å². The average molecular weight is 254 g/mol. The van der Waals surface area contributed by atoms with Gasteiger partial charge in [0.25, 0.3) is 0 Å². The molecule has 0 amide bonds. The number of allylic oxidation sites excluding steroid dienone is 2. The number of carbonyl (C=O) groups is 2. The quantitative estimate of drug-likeness (QED) is 0.675.